The number of imide groups is 1. The van der Waals surface area contributed by atoms with Crippen molar-refractivity contribution in [2.24, 2.45) is 0 Å². The molecular formula is C22H24N2O3. The number of benzene rings is 2. The Morgan fingerprint density at radius 2 is 1.96 bits per heavy atom. The van der Waals surface area contributed by atoms with Gasteiger partial charge in [-0.1, -0.05) is 42.0 Å². The second kappa shape index (κ2) is 6.72. The van der Waals surface area contributed by atoms with Gasteiger partial charge in [0, 0.05) is 5.56 Å². The van der Waals surface area contributed by atoms with Gasteiger partial charge in [0.1, 0.15) is 11.3 Å². The third-order valence-electron chi connectivity index (χ3n) is 5.67. The zero-order chi connectivity index (χ0) is 19.0. The summed E-state index contributed by atoms with van der Waals surface area (Å²) in [6.45, 7) is 2.19. The van der Waals surface area contributed by atoms with E-state index >= 15 is 0 Å². The smallest absolute Gasteiger partial charge is 0.325 e. The first-order chi connectivity index (χ1) is 13.0. The average molecular weight is 364 g/mol. The van der Waals surface area contributed by atoms with Crippen LogP contribution in [0.1, 0.15) is 41.5 Å². The van der Waals surface area contributed by atoms with E-state index in [9.17, 15) is 9.59 Å². The third kappa shape index (κ3) is 2.87. The summed E-state index contributed by atoms with van der Waals surface area (Å²) in [4.78, 5) is 27.7. The highest BCUT2D eigenvalue weighted by Crippen LogP contribution is 2.39. The molecule has 1 atom stereocenters. The van der Waals surface area contributed by atoms with Crippen LogP contribution in [-0.4, -0.2) is 23.9 Å². The molecule has 4 rings (SSSR count). The van der Waals surface area contributed by atoms with E-state index in [-0.39, 0.29) is 18.5 Å². The van der Waals surface area contributed by atoms with Gasteiger partial charge in [0.05, 0.1) is 13.7 Å². The number of fused-ring (bicyclic) bond motifs is 2. The summed E-state index contributed by atoms with van der Waals surface area (Å²) in [7, 11) is 1.60. The van der Waals surface area contributed by atoms with Crippen molar-refractivity contribution >= 4 is 11.9 Å². The minimum Gasteiger partial charge on any atom is -0.496 e. The molecule has 1 aliphatic carbocycles. The highest BCUT2D eigenvalue weighted by Gasteiger charge is 2.53. The number of aryl methyl sites for hydroxylation is 2. The maximum Gasteiger partial charge on any atom is 0.325 e. The summed E-state index contributed by atoms with van der Waals surface area (Å²) >= 11 is 0. The van der Waals surface area contributed by atoms with E-state index in [2.05, 4.69) is 11.4 Å². The first-order valence-electron chi connectivity index (χ1n) is 9.41. The molecule has 1 saturated heterocycles. The van der Waals surface area contributed by atoms with Crippen LogP contribution in [0.25, 0.3) is 0 Å². The number of methoxy groups -OCH3 is 1. The number of nitrogens with one attached hydrogen (secondary N) is 1. The van der Waals surface area contributed by atoms with Crippen LogP contribution in [0, 0.1) is 6.92 Å². The number of carbonyl (C=O) groups is 2. The second-order valence-corrected chi connectivity index (χ2v) is 7.41. The van der Waals surface area contributed by atoms with E-state index < -0.39 is 5.54 Å². The first kappa shape index (κ1) is 17.6. The van der Waals surface area contributed by atoms with Gasteiger partial charge in [-0.3, -0.25) is 9.69 Å². The standard InChI is InChI=1S/C22H24N2O3/c1-15-10-11-19(27-2)17(13-15)14-24-20(25)22(23-21(24)26)12-6-5-8-16-7-3-4-9-18(16)22/h3-4,7,9-11,13H,5-6,8,12,14H2,1-2H3,(H,23,26)/t22-/m1/s1. The molecule has 2 aromatic rings. The molecule has 0 aromatic heterocycles. The number of hydrogen-bond acceptors (Lipinski definition) is 3. The van der Waals surface area contributed by atoms with Crippen molar-refractivity contribution in [3.63, 3.8) is 0 Å². The Bertz CT molecular complexity index is 908. The lowest BCUT2D eigenvalue weighted by Gasteiger charge is -2.27. The summed E-state index contributed by atoms with van der Waals surface area (Å²) in [5.74, 6) is 0.522. The molecule has 0 unspecified atom stereocenters. The van der Waals surface area contributed by atoms with Gasteiger partial charge in [-0.25, -0.2) is 4.79 Å². The molecule has 3 amide bonds. The predicted molar refractivity (Wildman–Crippen MR) is 102 cm³/mol. The van der Waals surface area contributed by atoms with Crippen molar-refractivity contribution in [3.05, 3.63) is 64.7 Å². The van der Waals surface area contributed by atoms with Gasteiger partial charge in [-0.05, 0) is 49.8 Å². The summed E-state index contributed by atoms with van der Waals surface area (Å²) in [6.07, 6.45) is 3.50. The van der Waals surface area contributed by atoms with Crippen LogP contribution in [0.15, 0.2) is 42.5 Å². The Morgan fingerprint density at radius 3 is 2.78 bits per heavy atom. The number of carbonyl (C=O) groups excluding carboxylic acids is 2. The van der Waals surface area contributed by atoms with Crippen molar-refractivity contribution < 1.29 is 14.3 Å². The Morgan fingerprint density at radius 1 is 1.15 bits per heavy atom. The monoisotopic (exact) mass is 364 g/mol. The molecule has 0 radical (unpaired) electrons. The Hall–Kier alpha value is -2.82. The summed E-state index contributed by atoms with van der Waals surface area (Å²) < 4.78 is 5.42. The van der Waals surface area contributed by atoms with Gasteiger partial charge in [0.25, 0.3) is 5.91 Å². The van der Waals surface area contributed by atoms with Crippen LogP contribution in [0.4, 0.5) is 4.79 Å². The zero-order valence-corrected chi connectivity index (χ0v) is 15.7. The fourth-order valence-electron chi connectivity index (χ4n) is 4.32. The van der Waals surface area contributed by atoms with E-state index in [0.717, 1.165) is 41.5 Å². The lowest BCUT2D eigenvalue weighted by Crippen LogP contribution is -2.44. The van der Waals surface area contributed by atoms with Crippen molar-refractivity contribution in [3.8, 4) is 5.75 Å². The highest BCUT2D eigenvalue weighted by molar-refractivity contribution is 6.07. The summed E-state index contributed by atoms with van der Waals surface area (Å²) in [5, 5.41) is 3.03. The van der Waals surface area contributed by atoms with E-state index in [1.54, 1.807) is 7.11 Å². The quantitative estimate of drug-likeness (QED) is 0.846. The van der Waals surface area contributed by atoms with Crippen LogP contribution in [0.3, 0.4) is 0 Å². The summed E-state index contributed by atoms with van der Waals surface area (Å²) in [6, 6.07) is 13.4. The molecular weight excluding hydrogens is 340 g/mol. The van der Waals surface area contributed by atoms with Crippen LogP contribution in [0.2, 0.25) is 0 Å². The Kier molecular flexibility index (Phi) is 4.38. The van der Waals surface area contributed by atoms with Gasteiger partial charge in [0.15, 0.2) is 0 Å². The van der Waals surface area contributed by atoms with Crippen LogP contribution >= 0.6 is 0 Å². The SMILES string of the molecule is COc1ccc(C)cc1CN1C(=O)N[C@@]2(CCCCc3ccccc32)C1=O. The fourth-order valence-corrected chi connectivity index (χ4v) is 4.32. The molecule has 2 aromatic carbocycles. The van der Waals surface area contributed by atoms with Crippen molar-refractivity contribution in [1.82, 2.24) is 10.2 Å². The number of amides is 3. The van der Waals surface area contributed by atoms with E-state index in [1.165, 1.54) is 4.90 Å². The van der Waals surface area contributed by atoms with E-state index in [0.29, 0.717) is 12.2 Å². The summed E-state index contributed by atoms with van der Waals surface area (Å²) in [5.41, 5.74) is 3.05. The predicted octanol–water partition coefficient (Wildman–Crippen LogP) is 3.68. The van der Waals surface area contributed by atoms with Crippen LogP contribution < -0.4 is 10.1 Å². The van der Waals surface area contributed by atoms with Gasteiger partial charge in [-0.15, -0.1) is 0 Å². The molecule has 140 valence electrons. The minimum absolute atomic E-state index is 0.162. The molecule has 5 nitrogen and oxygen atoms in total. The fraction of sp³-hybridized carbons (Fsp3) is 0.364. The van der Waals surface area contributed by atoms with Gasteiger partial charge in [-0.2, -0.15) is 0 Å². The maximum absolute atomic E-state index is 13.5. The third-order valence-corrected chi connectivity index (χ3v) is 5.67. The number of rotatable bonds is 3. The molecule has 2 aliphatic rings. The largest absolute Gasteiger partial charge is 0.496 e. The van der Waals surface area contributed by atoms with E-state index in [1.807, 2.05) is 43.3 Å². The minimum atomic E-state index is -0.943. The lowest BCUT2D eigenvalue weighted by molar-refractivity contribution is -0.132. The number of hydrogen-bond donors (Lipinski definition) is 1. The number of ether oxygens (including phenoxy) is 1. The van der Waals surface area contributed by atoms with Gasteiger partial charge >= 0.3 is 6.03 Å². The molecule has 0 saturated carbocycles. The Balaban J connectivity index is 1.72. The zero-order valence-electron chi connectivity index (χ0n) is 15.7. The lowest BCUT2D eigenvalue weighted by atomic mass is 9.84. The normalized spacial score (nSPS) is 21.8. The molecule has 1 N–H and O–H groups in total. The van der Waals surface area contributed by atoms with Crippen LogP contribution in [-0.2, 0) is 23.3 Å². The maximum atomic E-state index is 13.5. The van der Waals surface area contributed by atoms with Crippen molar-refractivity contribution in [2.75, 3.05) is 7.11 Å². The number of nitrogens with zero attached hydrogens (tertiary/aromatic N) is 1. The second-order valence-electron chi connectivity index (χ2n) is 7.41. The molecule has 0 bridgehead atoms. The molecule has 1 aliphatic heterocycles. The molecule has 27 heavy (non-hydrogen) atoms. The van der Waals surface area contributed by atoms with Crippen molar-refractivity contribution in [2.45, 2.75) is 44.7 Å². The van der Waals surface area contributed by atoms with E-state index in [4.69, 9.17) is 4.74 Å². The van der Waals surface area contributed by atoms with Crippen molar-refractivity contribution in [1.29, 1.82) is 0 Å². The van der Waals surface area contributed by atoms with Gasteiger partial charge < -0.3 is 10.1 Å². The first-order valence-corrected chi connectivity index (χ1v) is 9.41. The number of urea groups is 1. The molecule has 5 heteroatoms. The molecule has 1 fully saturated rings. The highest BCUT2D eigenvalue weighted by atomic mass is 16.5. The topological polar surface area (TPSA) is 58.6 Å². The van der Waals surface area contributed by atoms with Crippen LogP contribution in [0.5, 0.6) is 5.75 Å². The van der Waals surface area contributed by atoms with Gasteiger partial charge in [0.2, 0.25) is 0 Å². The molecule has 1 spiro atoms. The Labute approximate surface area is 159 Å². The molecule has 1 heterocycles. The average Bonchev–Trinajstić information content (AvgIpc) is 2.81.